The van der Waals surface area contributed by atoms with E-state index >= 15 is 0 Å². The Labute approximate surface area is 146 Å². The molecule has 2 aliphatic rings. The number of hydrogen-bond donors (Lipinski definition) is 2. The van der Waals surface area contributed by atoms with Gasteiger partial charge in [0.1, 0.15) is 5.82 Å². The van der Waals surface area contributed by atoms with Crippen LogP contribution in [-0.4, -0.2) is 48.0 Å². The molecule has 2 atom stereocenters. The molecule has 0 unspecified atom stereocenters. The van der Waals surface area contributed by atoms with E-state index in [1.54, 1.807) is 20.3 Å². The highest BCUT2D eigenvalue weighted by Gasteiger charge is 2.53. The van der Waals surface area contributed by atoms with E-state index in [0.29, 0.717) is 41.2 Å². The predicted octanol–water partition coefficient (Wildman–Crippen LogP) is 1.83. The van der Waals surface area contributed by atoms with Crippen LogP contribution in [0.1, 0.15) is 19.8 Å². The van der Waals surface area contributed by atoms with E-state index in [1.165, 1.54) is 0 Å². The molecular formula is C18H24N4O3. The zero-order valence-corrected chi connectivity index (χ0v) is 14.8. The Kier molecular flexibility index (Phi) is 3.64. The summed E-state index contributed by atoms with van der Waals surface area (Å²) < 4.78 is 10.7. The van der Waals surface area contributed by atoms with Gasteiger partial charge in [0.2, 0.25) is 5.95 Å². The molecule has 1 aromatic heterocycles. The van der Waals surface area contributed by atoms with Crippen molar-refractivity contribution >= 4 is 22.7 Å². The van der Waals surface area contributed by atoms with E-state index in [0.717, 1.165) is 24.8 Å². The number of ether oxygens (including phenoxy) is 2. The summed E-state index contributed by atoms with van der Waals surface area (Å²) in [7, 11) is 3.17. The predicted molar refractivity (Wildman–Crippen MR) is 96.1 cm³/mol. The molecule has 134 valence electrons. The summed E-state index contributed by atoms with van der Waals surface area (Å²) >= 11 is 0. The average molecular weight is 344 g/mol. The van der Waals surface area contributed by atoms with Gasteiger partial charge in [-0.1, -0.05) is 6.92 Å². The molecule has 2 heterocycles. The van der Waals surface area contributed by atoms with Crippen molar-refractivity contribution in [1.29, 1.82) is 0 Å². The summed E-state index contributed by atoms with van der Waals surface area (Å²) in [6.45, 7) is 3.37. The van der Waals surface area contributed by atoms with E-state index in [9.17, 15) is 5.11 Å². The molecule has 1 aromatic carbocycles. The maximum Gasteiger partial charge on any atom is 0.227 e. The molecule has 25 heavy (non-hydrogen) atoms. The number of rotatable bonds is 4. The number of hydrogen-bond acceptors (Lipinski definition) is 7. The van der Waals surface area contributed by atoms with Crippen LogP contribution in [0.25, 0.3) is 10.9 Å². The van der Waals surface area contributed by atoms with Crippen LogP contribution >= 0.6 is 0 Å². The first-order valence-corrected chi connectivity index (χ1v) is 8.63. The van der Waals surface area contributed by atoms with Gasteiger partial charge in [-0.15, -0.1) is 0 Å². The Morgan fingerprint density at radius 1 is 1.20 bits per heavy atom. The number of fused-ring (bicyclic) bond motifs is 1. The first kappa shape index (κ1) is 16.2. The topological polar surface area (TPSA) is 93.7 Å². The number of aromatic nitrogens is 2. The van der Waals surface area contributed by atoms with Crippen LogP contribution in [-0.2, 0) is 0 Å². The molecule has 0 amide bonds. The Morgan fingerprint density at radius 2 is 1.88 bits per heavy atom. The highest BCUT2D eigenvalue weighted by atomic mass is 16.5. The molecule has 2 aromatic rings. The second kappa shape index (κ2) is 5.62. The number of nitrogen functional groups attached to an aromatic ring is 1. The van der Waals surface area contributed by atoms with Gasteiger partial charge in [0.15, 0.2) is 11.5 Å². The summed E-state index contributed by atoms with van der Waals surface area (Å²) in [5.41, 5.74) is 6.23. The van der Waals surface area contributed by atoms with Gasteiger partial charge in [0, 0.05) is 23.9 Å². The van der Waals surface area contributed by atoms with Crippen LogP contribution in [0.15, 0.2) is 12.1 Å². The van der Waals surface area contributed by atoms with Crippen molar-refractivity contribution in [3.05, 3.63) is 12.1 Å². The van der Waals surface area contributed by atoms with Crippen molar-refractivity contribution in [2.24, 2.45) is 11.8 Å². The summed E-state index contributed by atoms with van der Waals surface area (Å²) in [5.74, 6) is 2.73. The third-order valence-corrected chi connectivity index (χ3v) is 5.58. The molecule has 0 spiro atoms. The van der Waals surface area contributed by atoms with Crippen molar-refractivity contribution in [2.45, 2.75) is 25.4 Å². The van der Waals surface area contributed by atoms with Gasteiger partial charge in [0.05, 0.1) is 31.9 Å². The van der Waals surface area contributed by atoms with Crippen LogP contribution < -0.4 is 20.1 Å². The minimum atomic E-state index is -0.648. The summed E-state index contributed by atoms with van der Waals surface area (Å²) in [6, 6.07) is 3.60. The lowest BCUT2D eigenvalue weighted by Gasteiger charge is -2.26. The van der Waals surface area contributed by atoms with Gasteiger partial charge in [-0.3, -0.25) is 0 Å². The van der Waals surface area contributed by atoms with E-state index in [4.69, 9.17) is 15.2 Å². The molecule has 1 saturated carbocycles. The smallest absolute Gasteiger partial charge is 0.227 e. The molecular weight excluding hydrogens is 320 g/mol. The zero-order chi connectivity index (χ0) is 17.8. The fourth-order valence-corrected chi connectivity index (χ4v) is 3.89. The van der Waals surface area contributed by atoms with Crippen molar-refractivity contribution in [3.8, 4) is 11.5 Å². The van der Waals surface area contributed by atoms with Crippen molar-refractivity contribution in [3.63, 3.8) is 0 Å². The Morgan fingerprint density at radius 3 is 2.52 bits per heavy atom. The molecule has 0 bridgehead atoms. The Bertz CT molecular complexity index is 824. The molecule has 7 nitrogen and oxygen atoms in total. The quantitative estimate of drug-likeness (QED) is 0.874. The average Bonchev–Trinajstić information content (AvgIpc) is 3.41. The van der Waals surface area contributed by atoms with Crippen LogP contribution in [0.5, 0.6) is 11.5 Å². The number of nitrogens with two attached hydrogens (primary N) is 1. The molecule has 1 saturated heterocycles. The van der Waals surface area contributed by atoms with E-state index in [1.807, 2.05) is 11.0 Å². The largest absolute Gasteiger partial charge is 0.493 e. The lowest BCUT2D eigenvalue weighted by Crippen LogP contribution is -2.39. The lowest BCUT2D eigenvalue weighted by atomic mass is 9.88. The number of β-amino-alcohol motifs (C(OH)–C–C–N with tert-alkyl or cyclic N) is 1. The van der Waals surface area contributed by atoms with Gasteiger partial charge >= 0.3 is 0 Å². The minimum Gasteiger partial charge on any atom is -0.493 e. The maximum atomic E-state index is 11.0. The van der Waals surface area contributed by atoms with Gasteiger partial charge in [-0.2, -0.15) is 4.98 Å². The van der Waals surface area contributed by atoms with Crippen LogP contribution in [0, 0.1) is 11.8 Å². The third kappa shape index (κ3) is 2.54. The van der Waals surface area contributed by atoms with Crippen molar-refractivity contribution < 1.29 is 14.6 Å². The Hall–Kier alpha value is -2.28. The standard InChI is InChI=1S/C18H24N4O3/c1-10-8-22(9-18(10,23)11-4-5-11)17-20-13-7-15(25-3)14(24-2)6-12(13)16(19)21-17/h6-7,10-11,23H,4-5,8-9H2,1-3H3,(H2,19,20,21)/t10-,18+/m1/s1. The normalized spacial score (nSPS) is 26.2. The maximum absolute atomic E-state index is 11.0. The number of anilines is 2. The van der Waals surface area contributed by atoms with E-state index in [-0.39, 0.29) is 5.92 Å². The molecule has 3 N–H and O–H groups in total. The molecule has 0 radical (unpaired) electrons. The van der Waals surface area contributed by atoms with E-state index in [2.05, 4.69) is 16.9 Å². The molecule has 1 aliphatic carbocycles. The van der Waals surface area contributed by atoms with Crippen LogP contribution in [0.3, 0.4) is 0 Å². The Balaban J connectivity index is 1.73. The van der Waals surface area contributed by atoms with Gasteiger partial charge < -0.3 is 25.2 Å². The number of methoxy groups -OCH3 is 2. The second-order valence-corrected chi connectivity index (χ2v) is 7.18. The summed E-state index contributed by atoms with van der Waals surface area (Å²) in [4.78, 5) is 11.2. The highest BCUT2D eigenvalue weighted by molar-refractivity contribution is 5.91. The molecule has 7 heteroatoms. The first-order valence-electron chi connectivity index (χ1n) is 8.63. The van der Waals surface area contributed by atoms with Crippen molar-refractivity contribution in [2.75, 3.05) is 37.9 Å². The number of nitrogens with zero attached hydrogens (tertiary/aromatic N) is 3. The van der Waals surface area contributed by atoms with Crippen LogP contribution in [0.2, 0.25) is 0 Å². The van der Waals surface area contributed by atoms with Gasteiger partial charge in [-0.05, 0) is 24.8 Å². The SMILES string of the molecule is COc1cc2nc(N3C[C@@H](C)[C@](O)(C4CC4)C3)nc(N)c2cc1OC. The fourth-order valence-electron chi connectivity index (χ4n) is 3.89. The summed E-state index contributed by atoms with van der Waals surface area (Å²) in [5, 5.41) is 11.7. The minimum absolute atomic E-state index is 0.186. The van der Waals surface area contributed by atoms with Gasteiger partial charge in [-0.25, -0.2) is 4.98 Å². The monoisotopic (exact) mass is 344 g/mol. The summed E-state index contributed by atoms with van der Waals surface area (Å²) in [6.07, 6.45) is 2.21. The van der Waals surface area contributed by atoms with Gasteiger partial charge in [0.25, 0.3) is 0 Å². The number of benzene rings is 1. The first-order chi connectivity index (χ1) is 12.0. The zero-order valence-electron chi connectivity index (χ0n) is 14.8. The van der Waals surface area contributed by atoms with Crippen LogP contribution in [0.4, 0.5) is 11.8 Å². The molecule has 4 rings (SSSR count). The number of aliphatic hydroxyl groups is 1. The second-order valence-electron chi connectivity index (χ2n) is 7.18. The van der Waals surface area contributed by atoms with E-state index < -0.39 is 5.60 Å². The highest BCUT2D eigenvalue weighted by Crippen LogP contribution is 2.47. The molecule has 1 aliphatic heterocycles. The third-order valence-electron chi connectivity index (χ3n) is 5.58. The van der Waals surface area contributed by atoms with Crippen molar-refractivity contribution in [1.82, 2.24) is 9.97 Å². The lowest BCUT2D eigenvalue weighted by molar-refractivity contribution is 0.00279. The molecule has 2 fully saturated rings. The fraction of sp³-hybridized carbons (Fsp3) is 0.556.